The van der Waals surface area contributed by atoms with Crippen LogP contribution in [-0.2, 0) is 9.59 Å². The SMILES string of the molecule is C=CC(=O)C(CO)c1ccc(N(c2ccc(-c3ccccc3)cc2)c2ccc(C(CO)C(=O)C=C)cc2)cc1. The molecule has 39 heavy (non-hydrogen) atoms. The Morgan fingerprint density at radius 3 is 1.31 bits per heavy atom. The summed E-state index contributed by atoms with van der Waals surface area (Å²) in [5.41, 5.74) is 6.23. The fourth-order valence-electron chi connectivity index (χ4n) is 4.60. The number of aliphatic hydroxyl groups excluding tert-OH is 2. The van der Waals surface area contributed by atoms with Crippen molar-refractivity contribution in [1.29, 1.82) is 0 Å². The van der Waals surface area contributed by atoms with Gasteiger partial charge in [-0.05, 0) is 70.8 Å². The van der Waals surface area contributed by atoms with Crippen molar-refractivity contribution < 1.29 is 19.8 Å². The highest BCUT2D eigenvalue weighted by Crippen LogP contribution is 2.37. The Balaban J connectivity index is 1.74. The van der Waals surface area contributed by atoms with E-state index in [1.165, 1.54) is 12.2 Å². The number of carbonyl (C=O) groups is 2. The van der Waals surface area contributed by atoms with Crippen molar-refractivity contribution in [3.63, 3.8) is 0 Å². The van der Waals surface area contributed by atoms with Crippen molar-refractivity contribution in [3.8, 4) is 11.1 Å². The van der Waals surface area contributed by atoms with Gasteiger partial charge in [0.05, 0.1) is 25.0 Å². The normalized spacial score (nSPS) is 12.3. The largest absolute Gasteiger partial charge is 0.395 e. The highest BCUT2D eigenvalue weighted by Gasteiger charge is 2.20. The van der Waals surface area contributed by atoms with Crippen LogP contribution in [0.2, 0.25) is 0 Å². The minimum Gasteiger partial charge on any atom is -0.395 e. The van der Waals surface area contributed by atoms with E-state index in [4.69, 9.17) is 0 Å². The Kier molecular flexibility index (Phi) is 9.00. The lowest BCUT2D eigenvalue weighted by Gasteiger charge is -2.27. The van der Waals surface area contributed by atoms with Gasteiger partial charge in [0.2, 0.25) is 0 Å². The molecule has 2 unspecified atom stereocenters. The summed E-state index contributed by atoms with van der Waals surface area (Å²) in [7, 11) is 0. The molecule has 0 radical (unpaired) electrons. The molecule has 0 fully saturated rings. The maximum Gasteiger partial charge on any atom is 0.164 e. The van der Waals surface area contributed by atoms with Gasteiger partial charge in [-0.2, -0.15) is 0 Å². The van der Waals surface area contributed by atoms with Gasteiger partial charge in [-0.1, -0.05) is 79.9 Å². The highest BCUT2D eigenvalue weighted by molar-refractivity contribution is 5.96. The second-order valence-corrected chi connectivity index (χ2v) is 9.11. The Labute approximate surface area is 229 Å². The molecule has 4 rings (SSSR count). The Morgan fingerprint density at radius 2 is 0.949 bits per heavy atom. The predicted molar refractivity (Wildman–Crippen MR) is 157 cm³/mol. The molecule has 5 heteroatoms. The Bertz CT molecular complexity index is 1350. The van der Waals surface area contributed by atoms with Crippen LogP contribution in [0.25, 0.3) is 11.1 Å². The minimum atomic E-state index is -0.660. The molecule has 196 valence electrons. The second kappa shape index (κ2) is 12.8. The van der Waals surface area contributed by atoms with E-state index in [0.717, 1.165) is 28.2 Å². The number of rotatable bonds is 12. The predicted octanol–water partition coefficient (Wildman–Crippen LogP) is 6.49. The molecular weight excluding hydrogens is 486 g/mol. The Morgan fingerprint density at radius 1 is 0.590 bits per heavy atom. The third-order valence-electron chi connectivity index (χ3n) is 6.79. The van der Waals surface area contributed by atoms with Gasteiger partial charge in [0, 0.05) is 17.1 Å². The molecule has 0 saturated heterocycles. The molecule has 0 aliphatic carbocycles. The quantitative estimate of drug-likeness (QED) is 0.210. The zero-order valence-electron chi connectivity index (χ0n) is 21.6. The average Bonchev–Trinajstić information content (AvgIpc) is 3.00. The molecule has 0 saturated carbocycles. The topological polar surface area (TPSA) is 77.8 Å². The van der Waals surface area contributed by atoms with Gasteiger partial charge in [0.15, 0.2) is 11.6 Å². The van der Waals surface area contributed by atoms with E-state index in [9.17, 15) is 19.8 Å². The van der Waals surface area contributed by atoms with Gasteiger partial charge in [0.25, 0.3) is 0 Å². The van der Waals surface area contributed by atoms with Crippen molar-refractivity contribution in [2.45, 2.75) is 11.8 Å². The zero-order chi connectivity index (χ0) is 27.8. The van der Waals surface area contributed by atoms with Crippen LogP contribution in [0, 0.1) is 0 Å². The number of nitrogens with zero attached hydrogens (tertiary/aromatic N) is 1. The first-order valence-corrected chi connectivity index (χ1v) is 12.7. The van der Waals surface area contributed by atoms with Crippen molar-refractivity contribution in [2.75, 3.05) is 18.1 Å². The van der Waals surface area contributed by atoms with Crippen LogP contribution in [0.1, 0.15) is 23.0 Å². The fourth-order valence-corrected chi connectivity index (χ4v) is 4.60. The molecule has 0 aliphatic rings. The molecule has 0 amide bonds. The van der Waals surface area contributed by atoms with Crippen molar-refractivity contribution in [3.05, 3.63) is 140 Å². The number of anilines is 3. The first-order valence-electron chi connectivity index (χ1n) is 12.7. The molecule has 5 nitrogen and oxygen atoms in total. The summed E-state index contributed by atoms with van der Waals surface area (Å²) in [4.78, 5) is 26.5. The van der Waals surface area contributed by atoms with Gasteiger partial charge < -0.3 is 15.1 Å². The van der Waals surface area contributed by atoms with Gasteiger partial charge in [-0.15, -0.1) is 0 Å². The van der Waals surface area contributed by atoms with Crippen LogP contribution in [0.15, 0.2) is 128 Å². The summed E-state index contributed by atoms with van der Waals surface area (Å²) in [6, 6.07) is 33.3. The van der Waals surface area contributed by atoms with Crippen molar-refractivity contribution in [2.24, 2.45) is 0 Å². The summed E-state index contributed by atoms with van der Waals surface area (Å²) in [6.07, 6.45) is 2.46. The van der Waals surface area contributed by atoms with E-state index in [1.54, 1.807) is 0 Å². The third-order valence-corrected chi connectivity index (χ3v) is 6.79. The smallest absolute Gasteiger partial charge is 0.164 e. The second-order valence-electron chi connectivity index (χ2n) is 9.11. The summed E-state index contributed by atoms with van der Waals surface area (Å²) in [6.45, 7) is 6.48. The lowest BCUT2D eigenvalue weighted by Crippen LogP contribution is -2.15. The zero-order valence-corrected chi connectivity index (χ0v) is 21.6. The van der Waals surface area contributed by atoms with E-state index in [2.05, 4.69) is 42.3 Å². The summed E-state index contributed by atoms with van der Waals surface area (Å²) < 4.78 is 0. The average molecular weight is 518 g/mol. The standard InChI is InChI=1S/C34H31NO4/c1-3-33(38)31(22-36)26-12-18-29(19-13-26)35(28-16-10-25(11-17-28)24-8-6-5-7-9-24)30-20-14-27(15-21-30)32(23-37)34(39)4-2/h3-21,31-32,36-37H,1-2,22-23H2. The fraction of sp³-hybridized carbons (Fsp3) is 0.118. The summed E-state index contributed by atoms with van der Waals surface area (Å²) in [5, 5.41) is 19.5. The first kappa shape index (κ1) is 27.5. The minimum absolute atomic E-state index is 0.235. The number of carbonyl (C=O) groups excluding carboxylic acids is 2. The summed E-state index contributed by atoms with van der Waals surface area (Å²) >= 11 is 0. The number of hydrogen-bond donors (Lipinski definition) is 2. The lowest BCUT2D eigenvalue weighted by atomic mass is 9.94. The molecule has 2 N–H and O–H groups in total. The van der Waals surface area contributed by atoms with Crippen molar-refractivity contribution >= 4 is 28.6 Å². The maximum atomic E-state index is 12.2. The van der Waals surface area contributed by atoms with Crippen LogP contribution in [0.4, 0.5) is 17.1 Å². The first-order chi connectivity index (χ1) is 19.0. The van der Waals surface area contributed by atoms with E-state index < -0.39 is 11.8 Å². The maximum absolute atomic E-state index is 12.2. The molecule has 0 spiro atoms. The van der Waals surface area contributed by atoms with Gasteiger partial charge in [-0.25, -0.2) is 0 Å². The van der Waals surface area contributed by atoms with E-state index in [-0.39, 0.29) is 24.8 Å². The van der Waals surface area contributed by atoms with Crippen LogP contribution < -0.4 is 4.90 Å². The lowest BCUT2D eigenvalue weighted by molar-refractivity contribution is -0.117. The van der Waals surface area contributed by atoms with Crippen LogP contribution in [-0.4, -0.2) is 35.0 Å². The van der Waals surface area contributed by atoms with Crippen LogP contribution in [0.3, 0.4) is 0 Å². The molecular formula is C34H31NO4. The van der Waals surface area contributed by atoms with E-state index in [0.29, 0.717) is 11.1 Å². The molecule has 4 aromatic carbocycles. The molecule has 0 bridgehead atoms. The van der Waals surface area contributed by atoms with E-state index in [1.807, 2.05) is 78.9 Å². The van der Waals surface area contributed by atoms with Crippen LogP contribution in [0.5, 0.6) is 0 Å². The monoisotopic (exact) mass is 517 g/mol. The summed E-state index contributed by atoms with van der Waals surface area (Å²) in [5.74, 6) is -1.79. The van der Waals surface area contributed by atoms with Crippen molar-refractivity contribution in [1.82, 2.24) is 0 Å². The molecule has 0 heterocycles. The Hall–Kier alpha value is -4.58. The third kappa shape index (κ3) is 6.12. The van der Waals surface area contributed by atoms with E-state index >= 15 is 0 Å². The molecule has 2 atom stereocenters. The van der Waals surface area contributed by atoms with Crippen LogP contribution >= 0.6 is 0 Å². The number of allylic oxidation sites excluding steroid dienone is 2. The number of hydrogen-bond acceptors (Lipinski definition) is 5. The van der Waals surface area contributed by atoms with Gasteiger partial charge in [-0.3, -0.25) is 9.59 Å². The molecule has 0 aromatic heterocycles. The highest BCUT2D eigenvalue weighted by atomic mass is 16.3. The molecule has 4 aromatic rings. The number of ketones is 2. The number of aliphatic hydroxyl groups is 2. The molecule has 0 aliphatic heterocycles. The number of benzene rings is 4. The van der Waals surface area contributed by atoms with Gasteiger partial charge in [0.1, 0.15) is 0 Å². The van der Waals surface area contributed by atoms with Gasteiger partial charge >= 0.3 is 0 Å².